The Morgan fingerprint density at radius 1 is 1.37 bits per heavy atom. The van der Waals surface area contributed by atoms with Crippen molar-refractivity contribution in [2.24, 2.45) is 0 Å². The number of aromatic nitrogens is 2. The molecule has 0 fully saturated rings. The van der Waals surface area contributed by atoms with Crippen LogP contribution in [0.25, 0.3) is 10.2 Å². The van der Waals surface area contributed by atoms with E-state index in [-0.39, 0.29) is 0 Å². The molecular formula is C12H8N2O2S3. The summed E-state index contributed by atoms with van der Waals surface area (Å²) in [5.41, 5.74) is 0. The van der Waals surface area contributed by atoms with Crippen LogP contribution in [-0.2, 0) is 0 Å². The molecule has 3 rings (SSSR count). The van der Waals surface area contributed by atoms with Crippen LogP contribution in [0, 0.1) is 6.92 Å². The lowest BCUT2D eigenvalue weighted by atomic mass is 10.4. The highest BCUT2D eigenvalue weighted by Crippen LogP contribution is 2.36. The summed E-state index contributed by atoms with van der Waals surface area (Å²) >= 11 is 4.33. The minimum Gasteiger partial charge on any atom is -0.477 e. The van der Waals surface area contributed by atoms with Crippen LogP contribution in [-0.4, -0.2) is 21.0 Å². The first-order valence-electron chi connectivity index (χ1n) is 5.34. The number of hydrogen-bond donors (Lipinski definition) is 1. The molecule has 0 spiro atoms. The molecule has 0 aliphatic heterocycles. The first-order valence-corrected chi connectivity index (χ1v) is 7.85. The van der Waals surface area contributed by atoms with Crippen LogP contribution in [0.1, 0.15) is 14.5 Å². The van der Waals surface area contributed by atoms with E-state index in [1.807, 2.05) is 12.3 Å². The summed E-state index contributed by atoms with van der Waals surface area (Å²) in [5.74, 6) is -0.893. The number of carbonyl (C=O) groups is 1. The third-order valence-corrected chi connectivity index (χ3v) is 5.43. The Balaban J connectivity index is 1.98. The van der Waals surface area contributed by atoms with Gasteiger partial charge in [0.1, 0.15) is 21.1 Å². The molecule has 0 saturated heterocycles. The van der Waals surface area contributed by atoms with Crippen molar-refractivity contribution in [3.8, 4) is 0 Å². The second-order valence-corrected chi connectivity index (χ2v) is 7.02. The van der Waals surface area contributed by atoms with Gasteiger partial charge in [0, 0.05) is 20.5 Å². The summed E-state index contributed by atoms with van der Waals surface area (Å²) < 4.78 is 0. The SMILES string of the molecule is Cc1cc2c(Sc3csc(C(=O)O)c3)ncnc2s1. The lowest BCUT2D eigenvalue weighted by Crippen LogP contribution is -1.89. The number of hydrogen-bond acceptors (Lipinski definition) is 6. The van der Waals surface area contributed by atoms with E-state index < -0.39 is 5.97 Å². The van der Waals surface area contributed by atoms with Crippen LogP contribution in [0.2, 0.25) is 0 Å². The molecule has 3 aromatic rings. The van der Waals surface area contributed by atoms with Crippen molar-refractivity contribution in [2.75, 3.05) is 0 Å². The zero-order valence-corrected chi connectivity index (χ0v) is 12.2. The Morgan fingerprint density at radius 3 is 2.95 bits per heavy atom. The van der Waals surface area contributed by atoms with Gasteiger partial charge in [-0.25, -0.2) is 14.8 Å². The van der Waals surface area contributed by atoms with Crippen molar-refractivity contribution in [2.45, 2.75) is 16.8 Å². The number of fused-ring (bicyclic) bond motifs is 1. The zero-order valence-electron chi connectivity index (χ0n) is 9.78. The maximum Gasteiger partial charge on any atom is 0.345 e. The van der Waals surface area contributed by atoms with Gasteiger partial charge in [0.25, 0.3) is 0 Å². The van der Waals surface area contributed by atoms with Gasteiger partial charge in [0.2, 0.25) is 0 Å². The average Bonchev–Trinajstić information content (AvgIpc) is 2.95. The molecule has 0 radical (unpaired) electrons. The van der Waals surface area contributed by atoms with Crippen molar-refractivity contribution < 1.29 is 9.90 Å². The van der Waals surface area contributed by atoms with E-state index in [1.54, 1.807) is 23.7 Å². The number of carboxylic acids is 1. The highest BCUT2D eigenvalue weighted by atomic mass is 32.2. The van der Waals surface area contributed by atoms with E-state index in [9.17, 15) is 4.79 Å². The topological polar surface area (TPSA) is 63.1 Å². The molecule has 3 aromatic heterocycles. The molecule has 0 aliphatic carbocycles. The number of carboxylic acid groups (broad SMARTS) is 1. The maximum absolute atomic E-state index is 10.9. The molecule has 7 heteroatoms. The van der Waals surface area contributed by atoms with Gasteiger partial charge < -0.3 is 5.11 Å². The Labute approximate surface area is 121 Å². The molecule has 4 nitrogen and oxygen atoms in total. The van der Waals surface area contributed by atoms with E-state index in [1.165, 1.54) is 28.0 Å². The monoisotopic (exact) mass is 308 g/mol. The molecular weight excluding hydrogens is 300 g/mol. The van der Waals surface area contributed by atoms with Crippen LogP contribution in [0.4, 0.5) is 0 Å². The molecule has 0 saturated carbocycles. The molecule has 3 heterocycles. The third kappa shape index (κ3) is 2.49. The standard InChI is InChI=1S/C12H8N2O2S3/c1-6-2-8-10(18-6)13-5-14-11(8)19-7-3-9(12(15)16)17-4-7/h2-5H,1H3,(H,15,16). The van der Waals surface area contributed by atoms with Crippen LogP contribution < -0.4 is 0 Å². The molecule has 1 N–H and O–H groups in total. The Bertz CT molecular complexity index is 763. The molecule has 0 amide bonds. The van der Waals surface area contributed by atoms with Crippen LogP contribution in [0.5, 0.6) is 0 Å². The summed E-state index contributed by atoms with van der Waals surface area (Å²) in [6.07, 6.45) is 1.55. The quantitative estimate of drug-likeness (QED) is 0.743. The number of nitrogens with zero attached hydrogens (tertiary/aromatic N) is 2. The Kier molecular flexibility index (Phi) is 3.26. The third-order valence-electron chi connectivity index (χ3n) is 2.42. The first-order chi connectivity index (χ1) is 9.13. The fraction of sp³-hybridized carbons (Fsp3) is 0.0833. The predicted molar refractivity (Wildman–Crippen MR) is 77.6 cm³/mol. The minimum absolute atomic E-state index is 0.342. The van der Waals surface area contributed by atoms with Gasteiger partial charge in [-0.1, -0.05) is 11.8 Å². The minimum atomic E-state index is -0.893. The molecule has 0 unspecified atom stereocenters. The van der Waals surface area contributed by atoms with E-state index >= 15 is 0 Å². The van der Waals surface area contributed by atoms with E-state index in [0.29, 0.717) is 4.88 Å². The highest BCUT2D eigenvalue weighted by Gasteiger charge is 2.11. The van der Waals surface area contributed by atoms with E-state index in [0.717, 1.165) is 20.1 Å². The molecule has 0 bridgehead atoms. The predicted octanol–water partition coefficient (Wildman–Crippen LogP) is 3.91. The van der Waals surface area contributed by atoms with Crippen molar-refractivity contribution in [3.63, 3.8) is 0 Å². The van der Waals surface area contributed by atoms with Crippen molar-refractivity contribution in [1.29, 1.82) is 0 Å². The Hall–Kier alpha value is -1.44. The van der Waals surface area contributed by atoms with Gasteiger partial charge in [0.15, 0.2) is 0 Å². The fourth-order valence-corrected chi connectivity index (χ4v) is 4.33. The van der Waals surface area contributed by atoms with Gasteiger partial charge in [-0.05, 0) is 19.1 Å². The molecule has 0 atom stereocenters. The van der Waals surface area contributed by atoms with Gasteiger partial charge in [0.05, 0.1) is 0 Å². The summed E-state index contributed by atoms with van der Waals surface area (Å²) in [5, 5.41) is 12.6. The van der Waals surface area contributed by atoms with Gasteiger partial charge in [-0.15, -0.1) is 22.7 Å². The smallest absolute Gasteiger partial charge is 0.345 e. The second kappa shape index (κ2) is 4.92. The second-order valence-electron chi connectivity index (χ2n) is 3.81. The summed E-state index contributed by atoms with van der Waals surface area (Å²) in [7, 11) is 0. The van der Waals surface area contributed by atoms with Crippen LogP contribution in [0.15, 0.2) is 33.8 Å². The van der Waals surface area contributed by atoms with Crippen molar-refractivity contribution in [3.05, 3.63) is 33.6 Å². The molecule has 19 heavy (non-hydrogen) atoms. The molecule has 0 aromatic carbocycles. The van der Waals surface area contributed by atoms with Gasteiger partial charge in [-0.2, -0.15) is 0 Å². The van der Waals surface area contributed by atoms with Gasteiger partial charge in [-0.3, -0.25) is 0 Å². The number of aromatic carboxylic acids is 1. The van der Waals surface area contributed by atoms with E-state index in [4.69, 9.17) is 5.11 Å². The maximum atomic E-state index is 10.9. The number of rotatable bonds is 3. The largest absolute Gasteiger partial charge is 0.477 e. The highest BCUT2D eigenvalue weighted by molar-refractivity contribution is 7.99. The average molecular weight is 308 g/mol. The lowest BCUT2D eigenvalue weighted by molar-refractivity contribution is 0.0702. The van der Waals surface area contributed by atoms with Crippen LogP contribution >= 0.6 is 34.4 Å². The lowest BCUT2D eigenvalue weighted by Gasteiger charge is -1.98. The van der Waals surface area contributed by atoms with E-state index in [2.05, 4.69) is 16.0 Å². The van der Waals surface area contributed by atoms with Crippen molar-refractivity contribution in [1.82, 2.24) is 9.97 Å². The normalized spacial score (nSPS) is 11.0. The summed E-state index contributed by atoms with van der Waals surface area (Å²) in [6.45, 7) is 2.04. The summed E-state index contributed by atoms with van der Waals surface area (Å²) in [6, 6.07) is 3.73. The molecule has 96 valence electrons. The first kappa shape index (κ1) is 12.6. The molecule has 0 aliphatic rings. The number of aryl methyl sites for hydroxylation is 1. The number of thiophene rings is 2. The van der Waals surface area contributed by atoms with Crippen molar-refractivity contribution >= 4 is 50.6 Å². The van der Waals surface area contributed by atoms with Crippen LogP contribution in [0.3, 0.4) is 0 Å². The zero-order chi connectivity index (χ0) is 13.4. The fourth-order valence-electron chi connectivity index (χ4n) is 1.63. The van der Waals surface area contributed by atoms with Gasteiger partial charge >= 0.3 is 5.97 Å². The Morgan fingerprint density at radius 2 is 2.21 bits per heavy atom. The summed E-state index contributed by atoms with van der Waals surface area (Å²) in [4.78, 5) is 22.8.